The van der Waals surface area contributed by atoms with Gasteiger partial charge in [-0.3, -0.25) is 4.79 Å². The van der Waals surface area contributed by atoms with E-state index >= 15 is 0 Å². The van der Waals surface area contributed by atoms with E-state index in [-0.39, 0.29) is 5.78 Å². The van der Waals surface area contributed by atoms with Gasteiger partial charge in [0.15, 0.2) is 5.78 Å². The lowest BCUT2D eigenvalue weighted by molar-refractivity contribution is 0.0740. The van der Waals surface area contributed by atoms with Crippen LogP contribution in [-0.2, 0) is 6.42 Å². The number of benzene rings is 1. The molecule has 0 bridgehead atoms. The number of hydrogen-bond acceptors (Lipinski definition) is 3. The summed E-state index contributed by atoms with van der Waals surface area (Å²) in [6, 6.07) is 5.20. The first-order valence-electron chi connectivity index (χ1n) is 5.70. The second-order valence-electron chi connectivity index (χ2n) is 3.95. The number of anilines is 1. The third-order valence-electron chi connectivity index (χ3n) is 2.64. The summed E-state index contributed by atoms with van der Waals surface area (Å²) in [5.41, 5.74) is 8.05. The summed E-state index contributed by atoms with van der Waals surface area (Å²) in [6.45, 7) is 3.85. The van der Waals surface area contributed by atoms with Gasteiger partial charge in [0.05, 0.1) is 0 Å². The highest BCUT2D eigenvalue weighted by atomic mass is 16.3. The zero-order chi connectivity index (χ0) is 12.1. The lowest BCUT2D eigenvalue weighted by Gasteiger charge is -2.10. The van der Waals surface area contributed by atoms with E-state index in [0.717, 1.165) is 18.4 Å². The van der Waals surface area contributed by atoms with Gasteiger partial charge in [0.25, 0.3) is 0 Å². The summed E-state index contributed by atoms with van der Waals surface area (Å²) in [4.78, 5) is 11.8. The van der Waals surface area contributed by atoms with Crippen molar-refractivity contribution in [3.63, 3.8) is 0 Å². The van der Waals surface area contributed by atoms with E-state index in [4.69, 9.17) is 5.73 Å². The fourth-order valence-electron chi connectivity index (χ4n) is 1.62. The molecule has 0 amide bonds. The highest BCUT2D eigenvalue weighted by Crippen LogP contribution is 2.17. The maximum atomic E-state index is 11.8. The van der Waals surface area contributed by atoms with Crippen molar-refractivity contribution in [3.8, 4) is 0 Å². The lowest BCUT2D eigenvalue weighted by Crippen LogP contribution is -2.19. The summed E-state index contributed by atoms with van der Waals surface area (Å²) < 4.78 is 0. The predicted octanol–water partition coefficient (Wildman–Crippen LogP) is 2.17. The van der Waals surface area contributed by atoms with E-state index < -0.39 is 6.10 Å². The average molecular weight is 221 g/mol. The van der Waals surface area contributed by atoms with E-state index in [9.17, 15) is 9.90 Å². The molecule has 0 fully saturated rings. The Bertz CT molecular complexity index is 374. The van der Waals surface area contributed by atoms with Gasteiger partial charge >= 0.3 is 0 Å². The molecule has 3 N–H and O–H groups in total. The Morgan fingerprint density at radius 1 is 1.44 bits per heavy atom. The van der Waals surface area contributed by atoms with Crippen LogP contribution in [0, 0.1) is 0 Å². The van der Waals surface area contributed by atoms with Gasteiger partial charge in [0, 0.05) is 11.3 Å². The predicted molar refractivity (Wildman–Crippen MR) is 65.5 cm³/mol. The Morgan fingerprint density at radius 2 is 2.12 bits per heavy atom. The fraction of sp³-hybridized carbons (Fsp3) is 0.462. The molecular weight excluding hydrogens is 202 g/mol. The second kappa shape index (κ2) is 5.66. The Labute approximate surface area is 96.3 Å². The largest absolute Gasteiger partial charge is 0.399 e. The molecular formula is C13H19NO2. The molecule has 88 valence electrons. The first kappa shape index (κ1) is 12.7. The van der Waals surface area contributed by atoms with E-state index in [1.807, 2.05) is 0 Å². The quantitative estimate of drug-likeness (QED) is 0.591. The van der Waals surface area contributed by atoms with Crippen molar-refractivity contribution in [2.75, 3.05) is 5.73 Å². The summed E-state index contributed by atoms with van der Waals surface area (Å²) in [6.07, 6.45) is 1.37. The Morgan fingerprint density at radius 3 is 2.69 bits per heavy atom. The Balaban J connectivity index is 2.98. The molecule has 1 rings (SSSR count). The van der Waals surface area contributed by atoms with Gasteiger partial charge in [-0.2, -0.15) is 0 Å². The van der Waals surface area contributed by atoms with Crippen molar-refractivity contribution in [2.45, 2.75) is 39.2 Å². The smallest absolute Gasteiger partial charge is 0.191 e. The molecule has 0 aliphatic carbocycles. The summed E-state index contributed by atoms with van der Waals surface area (Å²) in [7, 11) is 0. The molecule has 0 aliphatic heterocycles. The Kier molecular flexibility index (Phi) is 4.50. The van der Waals surface area contributed by atoms with Crippen molar-refractivity contribution in [3.05, 3.63) is 29.3 Å². The normalized spacial score (nSPS) is 12.4. The SMILES string of the molecule is CCCc1cc(C(=O)C(O)CC)ccc1N. The molecule has 0 radical (unpaired) electrons. The van der Waals surface area contributed by atoms with E-state index in [1.54, 1.807) is 25.1 Å². The van der Waals surface area contributed by atoms with Crippen LogP contribution in [0.2, 0.25) is 0 Å². The fourth-order valence-corrected chi connectivity index (χ4v) is 1.62. The highest BCUT2D eigenvalue weighted by Gasteiger charge is 2.15. The maximum absolute atomic E-state index is 11.8. The van der Waals surface area contributed by atoms with Crippen LogP contribution in [0.4, 0.5) is 5.69 Å². The summed E-state index contributed by atoms with van der Waals surface area (Å²) in [5.74, 6) is -0.222. The molecule has 0 aromatic heterocycles. The molecule has 16 heavy (non-hydrogen) atoms. The van der Waals surface area contributed by atoms with Gasteiger partial charge in [0.2, 0.25) is 0 Å². The molecule has 1 aromatic carbocycles. The molecule has 1 aromatic rings. The minimum Gasteiger partial charge on any atom is -0.399 e. The van der Waals surface area contributed by atoms with Crippen LogP contribution < -0.4 is 5.73 Å². The number of aliphatic hydroxyl groups excluding tert-OH is 1. The van der Waals surface area contributed by atoms with Crippen molar-refractivity contribution in [1.29, 1.82) is 0 Å². The molecule has 3 heteroatoms. The maximum Gasteiger partial charge on any atom is 0.191 e. The number of Topliss-reactive ketones (excluding diaryl/α,β-unsaturated/α-hetero) is 1. The lowest BCUT2D eigenvalue weighted by atomic mass is 9.99. The molecule has 1 atom stereocenters. The van der Waals surface area contributed by atoms with E-state index in [1.165, 1.54) is 0 Å². The van der Waals surface area contributed by atoms with Gasteiger partial charge in [-0.25, -0.2) is 0 Å². The third kappa shape index (κ3) is 2.83. The van der Waals surface area contributed by atoms with Gasteiger partial charge in [-0.05, 0) is 36.6 Å². The Hall–Kier alpha value is -1.35. The van der Waals surface area contributed by atoms with Crippen molar-refractivity contribution in [1.82, 2.24) is 0 Å². The summed E-state index contributed by atoms with van der Waals surface area (Å²) >= 11 is 0. The van der Waals surface area contributed by atoms with Crippen LogP contribution >= 0.6 is 0 Å². The van der Waals surface area contributed by atoms with Crippen molar-refractivity contribution < 1.29 is 9.90 Å². The number of nitrogens with two attached hydrogens (primary N) is 1. The van der Waals surface area contributed by atoms with E-state index in [2.05, 4.69) is 6.92 Å². The minimum absolute atomic E-state index is 0.222. The molecule has 0 saturated carbocycles. The number of ketones is 1. The number of carbonyl (C=O) groups excluding carboxylic acids is 1. The molecule has 1 unspecified atom stereocenters. The van der Waals surface area contributed by atoms with Crippen LogP contribution in [0.3, 0.4) is 0 Å². The number of aliphatic hydroxyl groups is 1. The molecule has 0 aliphatic rings. The monoisotopic (exact) mass is 221 g/mol. The zero-order valence-electron chi connectivity index (χ0n) is 9.86. The molecule has 0 spiro atoms. The third-order valence-corrected chi connectivity index (χ3v) is 2.64. The van der Waals surface area contributed by atoms with Gasteiger partial charge in [0.1, 0.15) is 6.10 Å². The molecule has 0 heterocycles. The standard InChI is InChI=1S/C13H19NO2/c1-3-5-9-8-10(6-7-11(9)14)13(16)12(15)4-2/h6-8,12,15H,3-5,14H2,1-2H3. The minimum atomic E-state index is -0.905. The van der Waals surface area contributed by atoms with Crippen molar-refractivity contribution >= 4 is 11.5 Å². The number of nitrogen functional groups attached to an aromatic ring is 1. The average Bonchev–Trinajstić information content (AvgIpc) is 2.30. The number of hydrogen-bond donors (Lipinski definition) is 2. The second-order valence-corrected chi connectivity index (χ2v) is 3.95. The molecule has 0 saturated heterocycles. The topological polar surface area (TPSA) is 63.3 Å². The highest BCUT2D eigenvalue weighted by molar-refractivity contribution is 5.99. The zero-order valence-corrected chi connectivity index (χ0v) is 9.86. The summed E-state index contributed by atoms with van der Waals surface area (Å²) in [5, 5.41) is 9.49. The number of aryl methyl sites for hydroxylation is 1. The van der Waals surface area contributed by atoms with Crippen LogP contribution in [0.25, 0.3) is 0 Å². The number of carbonyl (C=O) groups is 1. The first-order valence-corrected chi connectivity index (χ1v) is 5.70. The number of rotatable bonds is 5. The van der Waals surface area contributed by atoms with Crippen LogP contribution in [0.15, 0.2) is 18.2 Å². The first-order chi connectivity index (χ1) is 7.60. The van der Waals surface area contributed by atoms with Gasteiger partial charge in [-0.15, -0.1) is 0 Å². The van der Waals surface area contributed by atoms with E-state index in [0.29, 0.717) is 17.7 Å². The van der Waals surface area contributed by atoms with Gasteiger partial charge in [-0.1, -0.05) is 20.3 Å². The van der Waals surface area contributed by atoms with Crippen LogP contribution in [-0.4, -0.2) is 17.0 Å². The molecule has 3 nitrogen and oxygen atoms in total. The van der Waals surface area contributed by atoms with Crippen molar-refractivity contribution in [2.24, 2.45) is 0 Å². The van der Waals surface area contributed by atoms with Crippen LogP contribution in [0.1, 0.15) is 42.6 Å². The van der Waals surface area contributed by atoms with Crippen LogP contribution in [0.5, 0.6) is 0 Å². The van der Waals surface area contributed by atoms with Gasteiger partial charge < -0.3 is 10.8 Å².